The Morgan fingerprint density at radius 1 is 1.19 bits per heavy atom. The summed E-state index contributed by atoms with van der Waals surface area (Å²) in [6.07, 6.45) is 2.77. The standard InChI is InChI=1S/C24H24N2O5S/c1-15-11-12-25-19-13-21(32-22(15)19)20(27)10-9-18(23(28)31-17-7-8-17)26-24(29)30-14-16-5-3-2-4-6-16/h2-6,11-13,17-18H,7-10,14H2,1H3,(H,26,29)/t18-/m1/s1. The fraction of sp³-hybridized carbons (Fsp3) is 0.333. The SMILES string of the molecule is Cc1ccnc2cc(C(=O)CC[C@@H](NC(=O)OCc3ccccc3)C(=O)OC3CC3)sc12. The van der Waals surface area contributed by atoms with Crippen LogP contribution >= 0.6 is 11.3 Å². The van der Waals surface area contributed by atoms with Crippen LogP contribution in [0.4, 0.5) is 4.79 Å². The van der Waals surface area contributed by atoms with E-state index < -0.39 is 18.1 Å². The number of aromatic nitrogens is 1. The summed E-state index contributed by atoms with van der Waals surface area (Å²) in [6.45, 7) is 2.06. The molecule has 1 aliphatic rings. The first-order valence-electron chi connectivity index (χ1n) is 10.6. The van der Waals surface area contributed by atoms with Crippen LogP contribution in [-0.4, -0.2) is 35.0 Å². The number of hydrogen-bond donors (Lipinski definition) is 1. The lowest BCUT2D eigenvalue weighted by atomic mass is 10.1. The second-order valence-electron chi connectivity index (χ2n) is 7.81. The van der Waals surface area contributed by atoms with Crippen LogP contribution in [0.5, 0.6) is 0 Å². The van der Waals surface area contributed by atoms with Crippen molar-refractivity contribution in [3.05, 3.63) is 64.7 Å². The van der Waals surface area contributed by atoms with Crippen LogP contribution in [0.1, 0.15) is 46.5 Å². The molecule has 0 bridgehead atoms. The van der Waals surface area contributed by atoms with Gasteiger partial charge in [0.2, 0.25) is 0 Å². The predicted octanol–water partition coefficient (Wildman–Crippen LogP) is 4.57. The smallest absolute Gasteiger partial charge is 0.408 e. The highest BCUT2D eigenvalue weighted by Crippen LogP contribution is 2.28. The number of Topliss-reactive ketones (excluding diaryl/α,β-unsaturated/α-hetero) is 1. The summed E-state index contributed by atoms with van der Waals surface area (Å²) in [5.74, 6) is -0.637. The number of benzene rings is 1. The minimum absolute atomic E-state index is 0.0874. The summed E-state index contributed by atoms with van der Waals surface area (Å²) in [5.41, 5.74) is 2.68. The van der Waals surface area contributed by atoms with Crippen molar-refractivity contribution in [2.24, 2.45) is 0 Å². The second kappa shape index (κ2) is 9.91. The van der Waals surface area contributed by atoms with Gasteiger partial charge in [-0.25, -0.2) is 9.59 Å². The third kappa shape index (κ3) is 5.70. The lowest BCUT2D eigenvalue weighted by Gasteiger charge is -2.17. The van der Waals surface area contributed by atoms with E-state index in [0.29, 0.717) is 4.88 Å². The van der Waals surface area contributed by atoms with E-state index in [9.17, 15) is 14.4 Å². The van der Waals surface area contributed by atoms with Gasteiger partial charge in [-0.15, -0.1) is 11.3 Å². The molecular weight excluding hydrogens is 428 g/mol. The molecule has 1 N–H and O–H groups in total. The molecule has 1 aliphatic carbocycles. The molecule has 0 unspecified atom stereocenters. The van der Waals surface area contributed by atoms with Crippen LogP contribution in [0.15, 0.2) is 48.7 Å². The first kappa shape index (κ1) is 22.0. The molecule has 7 nitrogen and oxygen atoms in total. The first-order valence-corrected chi connectivity index (χ1v) is 11.4. The number of rotatable bonds is 9. The van der Waals surface area contributed by atoms with Crippen molar-refractivity contribution in [2.45, 2.75) is 51.4 Å². The van der Waals surface area contributed by atoms with Crippen LogP contribution < -0.4 is 5.32 Å². The zero-order valence-electron chi connectivity index (χ0n) is 17.7. The maximum Gasteiger partial charge on any atom is 0.408 e. The van der Waals surface area contributed by atoms with Crippen LogP contribution in [-0.2, 0) is 20.9 Å². The fourth-order valence-corrected chi connectivity index (χ4v) is 4.24. The third-order valence-electron chi connectivity index (χ3n) is 5.14. The molecule has 0 spiro atoms. The van der Waals surface area contributed by atoms with Gasteiger partial charge in [0.05, 0.1) is 15.1 Å². The topological polar surface area (TPSA) is 94.6 Å². The Morgan fingerprint density at radius 2 is 1.97 bits per heavy atom. The van der Waals surface area contributed by atoms with Crippen molar-refractivity contribution in [1.82, 2.24) is 10.3 Å². The number of carbonyl (C=O) groups is 3. The number of ether oxygens (including phenoxy) is 2. The van der Waals surface area contributed by atoms with Crippen molar-refractivity contribution >= 4 is 39.4 Å². The van der Waals surface area contributed by atoms with Gasteiger partial charge in [0.1, 0.15) is 18.8 Å². The van der Waals surface area contributed by atoms with E-state index in [4.69, 9.17) is 9.47 Å². The summed E-state index contributed by atoms with van der Waals surface area (Å²) >= 11 is 1.39. The van der Waals surface area contributed by atoms with Crippen LogP contribution in [0.3, 0.4) is 0 Å². The number of nitrogens with one attached hydrogen (secondary N) is 1. The molecule has 0 radical (unpaired) electrons. The Hall–Kier alpha value is -3.26. The van der Waals surface area contributed by atoms with Gasteiger partial charge in [-0.1, -0.05) is 30.3 Å². The summed E-state index contributed by atoms with van der Waals surface area (Å²) in [7, 11) is 0. The largest absolute Gasteiger partial charge is 0.461 e. The molecule has 3 aromatic rings. The lowest BCUT2D eigenvalue weighted by molar-refractivity contribution is -0.147. The number of alkyl carbamates (subject to hydrolysis) is 1. The van der Waals surface area contributed by atoms with Gasteiger partial charge in [-0.3, -0.25) is 9.78 Å². The number of ketones is 1. The van der Waals surface area contributed by atoms with E-state index in [1.165, 1.54) is 11.3 Å². The molecule has 0 aliphatic heterocycles. The van der Waals surface area contributed by atoms with E-state index >= 15 is 0 Å². The van der Waals surface area contributed by atoms with Gasteiger partial charge in [0.25, 0.3) is 0 Å². The molecule has 32 heavy (non-hydrogen) atoms. The van der Waals surface area contributed by atoms with Crippen molar-refractivity contribution in [2.75, 3.05) is 0 Å². The number of fused-ring (bicyclic) bond motifs is 1. The molecular formula is C24H24N2O5S. The lowest BCUT2D eigenvalue weighted by Crippen LogP contribution is -2.42. The number of amides is 1. The molecule has 4 rings (SSSR count). The molecule has 166 valence electrons. The Kier molecular flexibility index (Phi) is 6.80. The second-order valence-corrected chi connectivity index (χ2v) is 8.86. The normalized spacial score (nSPS) is 14.0. The Labute approximate surface area is 189 Å². The third-order valence-corrected chi connectivity index (χ3v) is 6.44. The van der Waals surface area contributed by atoms with Crippen LogP contribution in [0.2, 0.25) is 0 Å². The quantitative estimate of drug-likeness (QED) is 0.378. The van der Waals surface area contributed by atoms with Crippen LogP contribution in [0.25, 0.3) is 10.2 Å². The van der Waals surface area contributed by atoms with Gasteiger partial charge in [-0.05, 0) is 49.4 Å². The first-order chi connectivity index (χ1) is 15.5. The number of aryl methyl sites for hydroxylation is 1. The summed E-state index contributed by atoms with van der Waals surface area (Å²) in [6, 6.07) is 12.0. The average Bonchev–Trinajstić information content (AvgIpc) is 3.49. The van der Waals surface area contributed by atoms with E-state index in [2.05, 4.69) is 10.3 Å². The van der Waals surface area contributed by atoms with Crippen molar-refractivity contribution in [3.8, 4) is 0 Å². The van der Waals surface area contributed by atoms with Gasteiger partial charge in [0, 0.05) is 12.6 Å². The monoisotopic (exact) mass is 452 g/mol. The number of esters is 1. The molecule has 1 aromatic carbocycles. The molecule has 2 heterocycles. The molecule has 0 saturated heterocycles. The maximum absolute atomic E-state index is 12.8. The zero-order chi connectivity index (χ0) is 22.5. The summed E-state index contributed by atoms with van der Waals surface area (Å²) < 4.78 is 11.6. The Morgan fingerprint density at radius 3 is 2.69 bits per heavy atom. The highest BCUT2D eigenvalue weighted by molar-refractivity contribution is 7.21. The zero-order valence-corrected chi connectivity index (χ0v) is 18.5. The van der Waals surface area contributed by atoms with E-state index in [1.807, 2.05) is 43.3 Å². The molecule has 2 aromatic heterocycles. The number of nitrogens with zero attached hydrogens (tertiary/aromatic N) is 1. The van der Waals surface area contributed by atoms with E-state index in [0.717, 1.165) is 34.2 Å². The molecule has 1 atom stereocenters. The van der Waals surface area contributed by atoms with Crippen molar-refractivity contribution in [3.63, 3.8) is 0 Å². The number of hydrogen-bond acceptors (Lipinski definition) is 7. The Balaban J connectivity index is 1.37. The predicted molar refractivity (Wildman–Crippen MR) is 121 cm³/mol. The van der Waals surface area contributed by atoms with Gasteiger partial charge < -0.3 is 14.8 Å². The van der Waals surface area contributed by atoms with Crippen molar-refractivity contribution in [1.29, 1.82) is 0 Å². The number of pyridine rings is 1. The maximum atomic E-state index is 12.8. The highest BCUT2D eigenvalue weighted by atomic mass is 32.1. The molecule has 1 saturated carbocycles. The van der Waals surface area contributed by atoms with E-state index in [1.54, 1.807) is 12.3 Å². The highest BCUT2D eigenvalue weighted by Gasteiger charge is 2.31. The molecule has 8 heteroatoms. The van der Waals surface area contributed by atoms with Crippen molar-refractivity contribution < 1.29 is 23.9 Å². The summed E-state index contributed by atoms with van der Waals surface area (Å²) in [4.78, 5) is 42.5. The van der Waals surface area contributed by atoms with Gasteiger partial charge in [0.15, 0.2) is 5.78 Å². The average molecular weight is 453 g/mol. The Bertz CT molecular complexity index is 1120. The summed E-state index contributed by atoms with van der Waals surface area (Å²) in [5, 5.41) is 2.57. The number of thiophene rings is 1. The van der Waals surface area contributed by atoms with Gasteiger partial charge in [-0.2, -0.15) is 0 Å². The minimum atomic E-state index is -0.947. The fourth-order valence-electron chi connectivity index (χ4n) is 3.19. The van der Waals surface area contributed by atoms with E-state index in [-0.39, 0.29) is 31.3 Å². The minimum Gasteiger partial charge on any atom is -0.461 e. The van der Waals surface area contributed by atoms with Gasteiger partial charge >= 0.3 is 12.1 Å². The van der Waals surface area contributed by atoms with Crippen LogP contribution in [0, 0.1) is 6.92 Å². The number of carbonyl (C=O) groups excluding carboxylic acids is 3. The molecule has 1 fully saturated rings. The molecule has 1 amide bonds.